The molecule has 2 fully saturated rings. The third kappa shape index (κ3) is 5.07. The zero-order valence-electron chi connectivity index (χ0n) is 19.3. The number of aryl methyl sites for hydroxylation is 1. The van der Waals surface area contributed by atoms with Crippen molar-refractivity contribution in [2.75, 3.05) is 33.4 Å². The van der Waals surface area contributed by atoms with Crippen molar-refractivity contribution < 1.29 is 19.0 Å². The summed E-state index contributed by atoms with van der Waals surface area (Å²) in [5, 5.41) is 7.05. The van der Waals surface area contributed by atoms with Crippen LogP contribution in [-0.4, -0.2) is 65.6 Å². The van der Waals surface area contributed by atoms with Crippen LogP contribution in [0.15, 0.2) is 30.5 Å². The van der Waals surface area contributed by atoms with Gasteiger partial charge in [0, 0.05) is 39.4 Å². The van der Waals surface area contributed by atoms with Crippen LogP contribution in [0.3, 0.4) is 0 Å². The van der Waals surface area contributed by atoms with Gasteiger partial charge in [-0.3, -0.25) is 14.4 Å². The van der Waals surface area contributed by atoms with Gasteiger partial charge in [-0.05, 0) is 56.4 Å². The average Bonchev–Trinajstić information content (AvgIpc) is 3.41. The number of hydrogen-bond acceptors (Lipinski definition) is 6. The normalized spacial score (nSPS) is 20.4. The van der Waals surface area contributed by atoms with E-state index in [4.69, 9.17) is 14.2 Å². The molecule has 3 heterocycles. The van der Waals surface area contributed by atoms with Crippen LogP contribution in [0.2, 0.25) is 0 Å². The molecule has 32 heavy (non-hydrogen) atoms. The molecule has 2 aromatic rings. The van der Waals surface area contributed by atoms with Crippen LogP contribution in [0, 0.1) is 0 Å². The van der Waals surface area contributed by atoms with Crippen LogP contribution in [-0.2, 0) is 18.3 Å². The van der Waals surface area contributed by atoms with Crippen molar-refractivity contribution in [3.8, 4) is 11.5 Å². The summed E-state index contributed by atoms with van der Waals surface area (Å²) >= 11 is 0. The van der Waals surface area contributed by atoms with E-state index >= 15 is 0 Å². The summed E-state index contributed by atoms with van der Waals surface area (Å²) in [6.07, 6.45) is 5.80. The van der Waals surface area contributed by atoms with Crippen LogP contribution >= 0.6 is 0 Å². The lowest BCUT2D eigenvalue weighted by Gasteiger charge is -2.39. The van der Waals surface area contributed by atoms with Crippen molar-refractivity contribution in [2.24, 2.45) is 7.05 Å². The van der Waals surface area contributed by atoms with Crippen LogP contribution in [0.25, 0.3) is 0 Å². The molecule has 174 valence electrons. The molecule has 1 spiro atoms. The monoisotopic (exact) mass is 442 g/mol. The molecule has 0 saturated carbocycles. The Bertz CT molecular complexity index is 920. The van der Waals surface area contributed by atoms with Gasteiger partial charge in [0.05, 0.1) is 25.4 Å². The number of rotatable bonds is 8. The van der Waals surface area contributed by atoms with E-state index in [-0.39, 0.29) is 17.6 Å². The molecule has 8 heteroatoms. The molecule has 0 radical (unpaired) electrons. The number of carbonyl (C=O) groups excluding carboxylic acids is 1. The molecule has 0 bridgehead atoms. The predicted molar refractivity (Wildman–Crippen MR) is 121 cm³/mol. The number of ether oxygens (including phenoxy) is 3. The first-order chi connectivity index (χ1) is 15.5. The maximum absolute atomic E-state index is 12.3. The van der Waals surface area contributed by atoms with Gasteiger partial charge < -0.3 is 19.5 Å². The van der Waals surface area contributed by atoms with Crippen molar-refractivity contribution in [1.82, 2.24) is 20.0 Å². The van der Waals surface area contributed by atoms with Crippen molar-refractivity contribution in [2.45, 2.75) is 50.9 Å². The summed E-state index contributed by atoms with van der Waals surface area (Å²) < 4.78 is 19.2. The number of carbonyl (C=O) groups is 1. The Morgan fingerprint density at radius 2 is 2.06 bits per heavy atom. The molecular weight excluding hydrogens is 408 g/mol. The largest absolute Gasteiger partial charge is 0.493 e. The lowest BCUT2D eigenvalue weighted by Crippen LogP contribution is -2.44. The highest BCUT2D eigenvalue weighted by molar-refractivity contribution is 5.92. The van der Waals surface area contributed by atoms with Gasteiger partial charge in [0.2, 0.25) is 0 Å². The second kappa shape index (κ2) is 9.92. The van der Waals surface area contributed by atoms with Gasteiger partial charge in [-0.1, -0.05) is 6.07 Å². The fourth-order valence-corrected chi connectivity index (χ4v) is 4.77. The Labute approximate surface area is 189 Å². The number of methoxy groups -OCH3 is 1. The zero-order chi connectivity index (χ0) is 22.6. The van der Waals surface area contributed by atoms with Gasteiger partial charge in [0.25, 0.3) is 5.91 Å². The topological polar surface area (TPSA) is 77.9 Å². The molecule has 1 atom stereocenters. The quantitative estimate of drug-likeness (QED) is 0.677. The Morgan fingerprint density at radius 1 is 1.25 bits per heavy atom. The van der Waals surface area contributed by atoms with Gasteiger partial charge in [-0.2, -0.15) is 5.10 Å². The van der Waals surface area contributed by atoms with E-state index in [1.54, 1.807) is 31.1 Å². The molecule has 1 amide bonds. The third-order valence-electron chi connectivity index (χ3n) is 6.58. The van der Waals surface area contributed by atoms with E-state index in [2.05, 4.69) is 27.4 Å². The van der Waals surface area contributed by atoms with E-state index in [0.717, 1.165) is 56.8 Å². The average molecular weight is 443 g/mol. The number of likely N-dealkylation sites (tertiary alicyclic amines) is 1. The molecule has 1 aromatic heterocycles. The van der Waals surface area contributed by atoms with Gasteiger partial charge in [-0.25, -0.2) is 0 Å². The smallest absolute Gasteiger partial charge is 0.269 e. The van der Waals surface area contributed by atoms with Crippen molar-refractivity contribution in [1.29, 1.82) is 0 Å². The molecule has 0 aliphatic carbocycles. The van der Waals surface area contributed by atoms with Gasteiger partial charge in [0.15, 0.2) is 11.5 Å². The summed E-state index contributed by atoms with van der Waals surface area (Å²) in [5.74, 6) is 1.47. The van der Waals surface area contributed by atoms with Crippen molar-refractivity contribution in [3.05, 3.63) is 41.7 Å². The minimum Gasteiger partial charge on any atom is -0.493 e. The number of aromatic nitrogens is 2. The Morgan fingerprint density at radius 3 is 2.75 bits per heavy atom. The molecule has 8 nitrogen and oxygen atoms in total. The Hall–Kier alpha value is -2.58. The minimum absolute atomic E-state index is 0.0468. The van der Waals surface area contributed by atoms with E-state index < -0.39 is 0 Å². The predicted octanol–water partition coefficient (Wildman–Crippen LogP) is 2.77. The highest BCUT2D eigenvalue weighted by atomic mass is 16.5. The molecule has 2 aliphatic rings. The molecule has 2 saturated heterocycles. The lowest BCUT2D eigenvalue weighted by molar-refractivity contribution is -0.0764. The van der Waals surface area contributed by atoms with Gasteiger partial charge in [0.1, 0.15) is 5.69 Å². The van der Waals surface area contributed by atoms with Crippen molar-refractivity contribution in [3.63, 3.8) is 0 Å². The first-order valence-corrected chi connectivity index (χ1v) is 11.5. The fourth-order valence-electron chi connectivity index (χ4n) is 4.77. The number of nitrogens with zero attached hydrogens (tertiary/aromatic N) is 3. The summed E-state index contributed by atoms with van der Waals surface area (Å²) in [4.78, 5) is 14.8. The van der Waals surface area contributed by atoms with E-state index in [9.17, 15) is 4.79 Å². The first kappa shape index (κ1) is 22.6. The van der Waals surface area contributed by atoms with Gasteiger partial charge >= 0.3 is 0 Å². The summed E-state index contributed by atoms with van der Waals surface area (Å²) in [6, 6.07) is 7.90. The Kier molecular flexibility index (Phi) is 7.01. The van der Waals surface area contributed by atoms with Crippen LogP contribution in [0.4, 0.5) is 0 Å². The first-order valence-electron chi connectivity index (χ1n) is 11.5. The van der Waals surface area contributed by atoms with Crippen LogP contribution in [0.5, 0.6) is 11.5 Å². The van der Waals surface area contributed by atoms with E-state index in [1.165, 1.54) is 5.56 Å². The van der Waals surface area contributed by atoms with Crippen molar-refractivity contribution >= 4 is 5.91 Å². The lowest BCUT2D eigenvalue weighted by atomic mass is 9.88. The number of amides is 1. The number of nitrogens with one attached hydrogen (secondary N) is 1. The maximum Gasteiger partial charge on any atom is 0.269 e. The Balaban J connectivity index is 1.25. The number of benzene rings is 1. The molecule has 1 N–H and O–H groups in total. The minimum atomic E-state index is -0.102. The van der Waals surface area contributed by atoms with Crippen LogP contribution < -0.4 is 14.8 Å². The second-order valence-electron chi connectivity index (χ2n) is 8.71. The van der Waals surface area contributed by atoms with E-state index in [0.29, 0.717) is 18.8 Å². The molecular formula is C24H34N4O4. The fraction of sp³-hybridized carbons (Fsp3) is 0.583. The maximum atomic E-state index is 12.3. The SMILES string of the molecule is CCOc1cc(CN2CCC3(CC[C@@H](CNC(=O)c4ccnn4C)O3)CC2)ccc1OC. The second-order valence-corrected chi connectivity index (χ2v) is 8.71. The van der Waals surface area contributed by atoms with Gasteiger partial charge in [-0.15, -0.1) is 0 Å². The standard InChI is InChI=1S/C24H34N4O4/c1-4-31-22-15-18(5-6-21(22)30-3)17-28-13-10-24(11-14-28)9-7-19(32-24)16-25-23(29)20-8-12-26-27(20)2/h5-6,8,12,15,19H,4,7,9-11,13-14,16-17H2,1-3H3,(H,25,29)/t19-/m0/s1. The molecule has 0 unspecified atom stereocenters. The molecule has 4 rings (SSSR count). The van der Waals surface area contributed by atoms with E-state index in [1.807, 2.05) is 13.0 Å². The number of piperidine rings is 1. The highest BCUT2D eigenvalue weighted by Crippen LogP contribution is 2.39. The van der Waals surface area contributed by atoms with Crippen LogP contribution in [0.1, 0.15) is 48.7 Å². The zero-order valence-corrected chi connectivity index (χ0v) is 19.3. The molecule has 2 aliphatic heterocycles. The third-order valence-corrected chi connectivity index (χ3v) is 6.58. The summed E-state index contributed by atoms with van der Waals surface area (Å²) in [6.45, 7) is 6.04. The highest BCUT2D eigenvalue weighted by Gasteiger charge is 2.42. The number of hydrogen-bond donors (Lipinski definition) is 1. The summed E-state index contributed by atoms with van der Waals surface area (Å²) in [5.41, 5.74) is 1.75. The molecule has 1 aromatic carbocycles. The summed E-state index contributed by atoms with van der Waals surface area (Å²) in [7, 11) is 3.44.